The van der Waals surface area contributed by atoms with Crippen molar-refractivity contribution in [1.82, 2.24) is 0 Å². The van der Waals surface area contributed by atoms with Crippen LogP contribution < -0.4 is 4.74 Å². The lowest BCUT2D eigenvalue weighted by Gasteiger charge is -2.40. The molecule has 1 aromatic carbocycles. The van der Waals surface area contributed by atoms with Crippen molar-refractivity contribution in [3.63, 3.8) is 0 Å². The van der Waals surface area contributed by atoms with Crippen LogP contribution in [0.25, 0.3) is 0 Å². The van der Waals surface area contributed by atoms with Gasteiger partial charge in [0.25, 0.3) is 0 Å². The summed E-state index contributed by atoms with van der Waals surface area (Å²) in [5, 5.41) is 27.9. The summed E-state index contributed by atoms with van der Waals surface area (Å²) in [6, 6.07) is 7.34. The number of aliphatic hydroxyl groups excluding tert-OH is 3. The summed E-state index contributed by atoms with van der Waals surface area (Å²) in [5.74, 6) is 0.579. The molecule has 106 valence electrons. The molecule has 1 aliphatic heterocycles. The highest BCUT2D eigenvalue weighted by molar-refractivity contribution is 7.81. The summed E-state index contributed by atoms with van der Waals surface area (Å²) < 4.78 is 11.0. The van der Waals surface area contributed by atoms with Gasteiger partial charge in [-0.2, -0.15) is 12.6 Å². The molecule has 0 spiro atoms. The average molecular weight is 286 g/mol. The number of aryl methyl sites for hydroxylation is 1. The second kappa shape index (κ2) is 6.11. The zero-order valence-electron chi connectivity index (χ0n) is 10.5. The minimum absolute atomic E-state index is 0.396. The fourth-order valence-corrected chi connectivity index (χ4v) is 2.22. The zero-order chi connectivity index (χ0) is 14.0. The lowest BCUT2D eigenvalue weighted by Crippen LogP contribution is -2.58. The van der Waals surface area contributed by atoms with E-state index in [0.29, 0.717) is 5.75 Å². The van der Waals surface area contributed by atoms with E-state index in [1.54, 1.807) is 12.1 Å². The first-order valence-corrected chi connectivity index (χ1v) is 6.58. The Balaban J connectivity index is 2.08. The Labute approximate surface area is 117 Å². The molecule has 1 aliphatic rings. The van der Waals surface area contributed by atoms with Crippen molar-refractivity contribution in [2.24, 2.45) is 0 Å². The second-order valence-electron chi connectivity index (χ2n) is 4.63. The molecule has 0 bridgehead atoms. The van der Waals surface area contributed by atoms with E-state index in [-0.39, 0.29) is 0 Å². The molecule has 19 heavy (non-hydrogen) atoms. The summed E-state index contributed by atoms with van der Waals surface area (Å²) >= 11 is 4.20. The van der Waals surface area contributed by atoms with Crippen LogP contribution in [0.1, 0.15) is 5.56 Å². The molecule has 3 N–H and O–H groups in total. The number of benzene rings is 1. The predicted octanol–water partition coefficient (Wildman–Crippen LogP) is 0.111. The van der Waals surface area contributed by atoms with Crippen molar-refractivity contribution in [2.45, 2.75) is 36.8 Å². The van der Waals surface area contributed by atoms with Crippen molar-refractivity contribution >= 4 is 12.6 Å². The summed E-state index contributed by atoms with van der Waals surface area (Å²) in [6.45, 7) is 1.57. The number of rotatable bonds is 3. The Kier molecular flexibility index (Phi) is 4.70. The first-order chi connectivity index (χ1) is 9.02. The van der Waals surface area contributed by atoms with Gasteiger partial charge in [-0.1, -0.05) is 17.7 Å². The van der Waals surface area contributed by atoms with Gasteiger partial charge in [0.2, 0.25) is 6.29 Å². The molecule has 6 heteroatoms. The molecule has 1 unspecified atom stereocenters. The fourth-order valence-electron chi connectivity index (χ4n) is 1.92. The van der Waals surface area contributed by atoms with Crippen LogP contribution in [0.3, 0.4) is 0 Å². The van der Waals surface area contributed by atoms with E-state index in [0.717, 1.165) is 5.56 Å². The Hall–Kier alpha value is -0.790. The third-order valence-electron chi connectivity index (χ3n) is 3.12. The van der Waals surface area contributed by atoms with Gasteiger partial charge in [0, 0.05) is 0 Å². The Morgan fingerprint density at radius 3 is 2.42 bits per heavy atom. The summed E-state index contributed by atoms with van der Waals surface area (Å²) in [5.41, 5.74) is 1.10. The van der Waals surface area contributed by atoms with E-state index in [2.05, 4.69) is 12.6 Å². The molecule has 2 rings (SSSR count). The SMILES string of the molecule is Cc1ccc(OC2O[C@H](CO)[C@@H](O)[C@H](O)[C@H]2S)cc1. The number of ether oxygens (including phenoxy) is 2. The molecule has 0 amide bonds. The minimum Gasteiger partial charge on any atom is -0.464 e. The molecule has 0 aromatic heterocycles. The molecule has 5 atom stereocenters. The van der Waals surface area contributed by atoms with Crippen molar-refractivity contribution in [2.75, 3.05) is 6.61 Å². The van der Waals surface area contributed by atoms with Crippen LogP contribution in [0.5, 0.6) is 5.75 Å². The van der Waals surface area contributed by atoms with E-state index in [1.165, 1.54) is 0 Å². The van der Waals surface area contributed by atoms with Crippen molar-refractivity contribution < 1.29 is 24.8 Å². The first kappa shape index (κ1) is 14.6. The van der Waals surface area contributed by atoms with Gasteiger partial charge in [0.15, 0.2) is 0 Å². The van der Waals surface area contributed by atoms with E-state index in [1.807, 2.05) is 19.1 Å². The van der Waals surface area contributed by atoms with Gasteiger partial charge in [-0.25, -0.2) is 0 Å². The van der Waals surface area contributed by atoms with Gasteiger partial charge < -0.3 is 24.8 Å². The molecule has 0 radical (unpaired) electrons. The van der Waals surface area contributed by atoms with E-state index < -0.39 is 36.5 Å². The number of hydrogen-bond donors (Lipinski definition) is 4. The molecule has 0 aliphatic carbocycles. The smallest absolute Gasteiger partial charge is 0.214 e. The van der Waals surface area contributed by atoms with Crippen LogP contribution >= 0.6 is 12.6 Å². The average Bonchev–Trinajstić information content (AvgIpc) is 2.42. The van der Waals surface area contributed by atoms with Crippen LogP contribution in [0.15, 0.2) is 24.3 Å². The van der Waals surface area contributed by atoms with Gasteiger partial charge in [0.05, 0.1) is 11.9 Å². The molecule has 1 fully saturated rings. The maximum absolute atomic E-state index is 9.84. The highest BCUT2D eigenvalue weighted by Crippen LogP contribution is 2.27. The van der Waals surface area contributed by atoms with Gasteiger partial charge in [-0.05, 0) is 19.1 Å². The Bertz CT molecular complexity index is 408. The van der Waals surface area contributed by atoms with Crippen LogP contribution in [0, 0.1) is 6.92 Å². The van der Waals surface area contributed by atoms with Crippen molar-refractivity contribution in [3.8, 4) is 5.75 Å². The highest BCUT2D eigenvalue weighted by atomic mass is 32.1. The fraction of sp³-hybridized carbons (Fsp3) is 0.538. The molecule has 0 saturated carbocycles. The quantitative estimate of drug-likeness (QED) is 0.593. The topological polar surface area (TPSA) is 79.2 Å². The zero-order valence-corrected chi connectivity index (χ0v) is 11.4. The highest BCUT2D eigenvalue weighted by Gasteiger charge is 2.43. The van der Waals surface area contributed by atoms with Crippen molar-refractivity contribution in [1.29, 1.82) is 0 Å². The van der Waals surface area contributed by atoms with Crippen LogP contribution in [-0.2, 0) is 4.74 Å². The monoisotopic (exact) mass is 286 g/mol. The molecular formula is C13H18O5S. The Morgan fingerprint density at radius 2 is 1.84 bits per heavy atom. The molecular weight excluding hydrogens is 268 g/mol. The van der Waals surface area contributed by atoms with Crippen LogP contribution in [0.2, 0.25) is 0 Å². The molecule has 1 heterocycles. The summed E-state index contributed by atoms with van der Waals surface area (Å²) in [6.07, 6.45) is -4.01. The second-order valence-corrected chi connectivity index (χ2v) is 5.22. The minimum atomic E-state index is -1.18. The third kappa shape index (κ3) is 3.21. The lowest BCUT2D eigenvalue weighted by atomic mass is 10.0. The Morgan fingerprint density at radius 1 is 1.21 bits per heavy atom. The van der Waals surface area contributed by atoms with E-state index in [4.69, 9.17) is 14.6 Å². The van der Waals surface area contributed by atoms with Gasteiger partial charge >= 0.3 is 0 Å². The third-order valence-corrected chi connectivity index (χ3v) is 3.67. The maximum atomic E-state index is 9.84. The summed E-state index contributed by atoms with van der Waals surface area (Å²) in [7, 11) is 0. The van der Waals surface area contributed by atoms with Crippen molar-refractivity contribution in [3.05, 3.63) is 29.8 Å². The normalized spacial score (nSPS) is 35.1. The van der Waals surface area contributed by atoms with Gasteiger partial charge in [0.1, 0.15) is 24.1 Å². The molecule has 5 nitrogen and oxygen atoms in total. The van der Waals surface area contributed by atoms with E-state index in [9.17, 15) is 10.2 Å². The molecule has 1 aromatic rings. The number of aliphatic hydroxyl groups is 3. The standard InChI is InChI=1S/C13H18O5S/c1-7-2-4-8(5-3-7)17-13-12(19)11(16)10(15)9(6-14)18-13/h2-5,9-16,19H,6H2,1H3/t9-,10-,11+,12-,13?/m1/s1. The van der Waals surface area contributed by atoms with E-state index >= 15 is 0 Å². The molecule has 1 saturated heterocycles. The predicted molar refractivity (Wildman–Crippen MR) is 72.3 cm³/mol. The van der Waals surface area contributed by atoms with Crippen LogP contribution in [0.4, 0.5) is 0 Å². The lowest BCUT2D eigenvalue weighted by molar-refractivity contribution is -0.225. The van der Waals surface area contributed by atoms with Gasteiger partial charge in [-0.3, -0.25) is 0 Å². The first-order valence-electron chi connectivity index (χ1n) is 6.07. The van der Waals surface area contributed by atoms with Gasteiger partial charge in [-0.15, -0.1) is 0 Å². The van der Waals surface area contributed by atoms with Crippen LogP contribution in [-0.4, -0.2) is 51.8 Å². The maximum Gasteiger partial charge on any atom is 0.214 e. The summed E-state index contributed by atoms with van der Waals surface area (Å²) in [4.78, 5) is 0. The number of hydrogen-bond acceptors (Lipinski definition) is 6. The number of thiol groups is 1. The largest absolute Gasteiger partial charge is 0.464 e.